The summed E-state index contributed by atoms with van der Waals surface area (Å²) in [5.74, 6) is -2.75. The highest BCUT2D eigenvalue weighted by molar-refractivity contribution is 7.40. The number of phenolic OH excluding ortho intramolecular Hbond substituents is 6. The fourth-order valence-corrected chi connectivity index (χ4v) is 6.98. The Morgan fingerprint density at radius 1 is 0.442 bits per heavy atom. The van der Waals surface area contributed by atoms with Crippen LogP contribution in [0.25, 0.3) is 75.4 Å². The molecule has 0 spiro atoms. The minimum atomic E-state index is -5.39. The van der Waals surface area contributed by atoms with Gasteiger partial charge in [-0.15, -0.1) is 0 Å². The summed E-state index contributed by atoms with van der Waals surface area (Å²) in [5, 5.41) is 69.6. The molecule has 8 rings (SSSR count). The maximum absolute atomic E-state index is 13.4. The Morgan fingerprint density at radius 2 is 0.698 bits per heavy atom. The number of fused-ring (bicyclic) bond motifs is 2. The minimum Gasteiger partial charge on any atom is -0.822 e. The average molecular weight is 599 g/mol. The van der Waals surface area contributed by atoms with Crippen molar-refractivity contribution in [2.45, 2.75) is 13.8 Å². The van der Waals surface area contributed by atoms with Crippen molar-refractivity contribution >= 4 is 83.2 Å². The summed E-state index contributed by atoms with van der Waals surface area (Å²) in [5.41, 5.74) is 0.175. The molecule has 43 heavy (non-hydrogen) atoms. The third-order valence-electron chi connectivity index (χ3n) is 8.25. The fraction of sp³-hybridized carbons (Fsp3) is 0.0667. The number of hydrogen-bond donors (Lipinski definition) is 6. The molecule has 0 radical (unpaired) electrons. The second-order valence-corrected chi connectivity index (χ2v) is 11.5. The number of hydrogen-bond acceptors (Lipinski definition) is 12. The molecule has 0 aliphatic rings. The molecule has 0 aliphatic heterocycles. The summed E-state index contributed by atoms with van der Waals surface area (Å²) in [4.78, 5) is 52.4. The van der Waals surface area contributed by atoms with Crippen molar-refractivity contribution in [1.29, 1.82) is 0 Å². The predicted octanol–water partition coefficient (Wildman–Crippen LogP) is 2.26. The fourth-order valence-electron chi connectivity index (χ4n) is 6.98. The van der Waals surface area contributed by atoms with Gasteiger partial charge in [0.1, 0.15) is 34.5 Å². The Kier molecular flexibility index (Phi) is 4.99. The normalized spacial score (nSPS) is 12.7. The van der Waals surface area contributed by atoms with Crippen LogP contribution in [-0.4, -0.2) is 30.6 Å². The molecule has 8 aromatic rings. The summed E-state index contributed by atoms with van der Waals surface area (Å²) in [6.45, 7) is 3.47. The molecular weight excluding hydrogens is 583 g/mol. The molecule has 0 aliphatic carbocycles. The molecule has 216 valence electrons. The Morgan fingerprint density at radius 3 is 1.02 bits per heavy atom. The van der Waals surface area contributed by atoms with Gasteiger partial charge in [0.2, 0.25) is 0 Å². The van der Waals surface area contributed by atoms with E-state index in [9.17, 15) is 40.2 Å². The largest absolute Gasteiger partial charge is 0.822 e. The summed E-state index contributed by atoms with van der Waals surface area (Å²) >= 11 is 0. The lowest BCUT2D eigenvalue weighted by Gasteiger charge is -2.36. The lowest BCUT2D eigenvalue weighted by atomic mass is 9.78. The number of phenols is 6. The molecule has 0 aromatic heterocycles. The lowest BCUT2D eigenvalue weighted by molar-refractivity contribution is -0.432. The van der Waals surface area contributed by atoms with Gasteiger partial charge in [0, 0.05) is 55.2 Å². The van der Waals surface area contributed by atoms with Gasteiger partial charge in [0.25, 0.3) is 0 Å². The highest BCUT2D eigenvalue weighted by atomic mass is 31.2. The second-order valence-electron chi connectivity index (χ2n) is 10.6. The van der Waals surface area contributed by atoms with Gasteiger partial charge in [0.05, 0.1) is 21.5 Å². The molecular formula is C30H16O12P-3. The van der Waals surface area contributed by atoms with Gasteiger partial charge in [-0.3, -0.25) is 9.59 Å². The van der Waals surface area contributed by atoms with E-state index in [-0.39, 0.29) is 43.1 Å². The van der Waals surface area contributed by atoms with E-state index >= 15 is 0 Å². The van der Waals surface area contributed by atoms with Crippen molar-refractivity contribution < 1.29 is 49.9 Å². The molecule has 6 N–H and O–H groups in total. The van der Waals surface area contributed by atoms with E-state index in [1.807, 2.05) is 0 Å². The van der Waals surface area contributed by atoms with Crippen LogP contribution >= 0.6 is 7.82 Å². The molecule has 8 aromatic carbocycles. The SMILES string of the molecule is Cc1cc(=O)c2c(O)c3c(O)cc(O)c4c5c(O)cc(O)c6c(O)c7c(=O)cc(C)c8c1c2c(c34)c(c65)c78.O=P([O-])([O-])[O-]. The van der Waals surface area contributed by atoms with Crippen LogP contribution in [0.4, 0.5) is 0 Å². The van der Waals surface area contributed by atoms with E-state index in [4.69, 9.17) is 19.2 Å². The van der Waals surface area contributed by atoms with Gasteiger partial charge < -0.3 is 49.9 Å². The first-order valence-corrected chi connectivity index (χ1v) is 14.0. The van der Waals surface area contributed by atoms with Gasteiger partial charge >= 0.3 is 0 Å². The number of benzene rings is 8. The molecule has 0 amide bonds. The van der Waals surface area contributed by atoms with Gasteiger partial charge in [-0.2, -0.15) is 7.82 Å². The van der Waals surface area contributed by atoms with Crippen molar-refractivity contribution in [2.75, 3.05) is 0 Å². The Labute approximate surface area is 237 Å². The maximum atomic E-state index is 13.4. The smallest absolute Gasteiger partial charge is 0.190 e. The van der Waals surface area contributed by atoms with E-state index < -0.39 is 53.2 Å². The Bertz CT molecular complexity index is 2510. The standard InChI is InChI=1S/C30H16O8.H3O4P/c1-7-3-9(31)19-23-15(7)16-8(2)4-10(32)20-24(16)28-26-18(12(34)6-14(36)22(26)30(20)38)17-11(33)5-13(35)21(29(19)37)25(17)27(23)28;1-5(2,3)4/h3-6,33-38H,1-2H3;(H3,1,2,3,4)/p-3. The van der Waals surface area contributed by atoms with E-state index in [0.717, 1.165) is 12.1 Å². The predicted molar refractivity (Wildman–Crippen MR) is 153 cm³/mol. The van der Waals surface area contributed by atoms with E-state index in [0.29, 0.717) is 43.4 Å². The molecule has 0 saturated heterocycles. The third kappa shape index (κ3) is 3.17. The molecule has 0 saturated carbocycles. The van der Waals surface area contributed by atoms with Crippen LogP contribution in [0.2, 0.25) is 0 Å². The van der Waals surface area contributed by atoms with Crippen molar-refractivity contribution in [3.63, 3.8) is 0 Å². The van der Waals surface area contributed by atoms with Crippen LogP contribution in [0.15, 0.2) is 33.9 Å². The van der Waals surface area contributed by atoms with Gasteiger partial charge in [-0.05, 0) is 47.9 Å². The molecule has 12 nitrogen and oxygen atoms in total. The van der Waals surface area contributed by atoms with Crippen molar-refractivity contribution in [1.82, 2.24) is 0 Å². The quantitative estimate of drug-likeness (QED) is 0.0835. The van der Waals surface area contributed by atoms with E-state index in [1.165, 1.54) is 12.1 Å². The highest BCUT2D eigenvalue weighted by Gasteiger charge is 2.33. The van der Waals surface area contributed by atoms with Crippen molar-refractivity contribution in [3.05, 3.63) is 55.8 Å². The monoisotopic (exact) mass is 599 g/mol. The van der Waals surface area contributed by atoms with Crippen molar-refractivity contribution in [2.24, 2.45) is 0 Å². The number of phosphoric acid groups is 1. The average Bonchev–Trinajstić information content (AvgIpc) is 2.86. The third-order valence-corrected chi connectivity index (χ3v) is 8.25. The Balaban J connectivity index is 0.000000558. The van der Waals surface area contributed by atoms with Crippen LogP contribution < -0.4 is 25.5 Å². The maximum Gasteiger partial charge on any atom is 0.190 e. The van der Waals surface area contributed by atoms with Gasteiger partial charge in [0.15, 0.2) is 10.9 Å². The molecule has 0 bridgehead atoms. The van der Waals surface area contributed by atoms with E-state index in [2.05, 4.69) is 0 Å². The highest BCUT2D eigenvalue weighted by Crippen LogP contribution is 2.60. The summed E-state index contributed by atoms with van der Waals surface area (Å²) in [7, 11) is -5.39. The van der Waals surface area contributed by atoms with Crippen LogP contribution in [0, 0.1) is 13.8 Å². The Hall–Kier alpha value is -5.13. The molecule has 0 atom stereocenters. The first-order chi connectivity index (χ1) is 20.0. The zero-order valence-corrected chi connectivity index (χ0v) is 22.8. The van der Waals surface area contributed by atoms with Crippen LogP contribution in [0.5, 0.6) is 34.5 Å². The molecule has 13 heteroatoms. The zero-order valence-electron chi connectivity index (χ0n) is 21.9. The number of rotatable bonds is 0. The summed E-state index contributed by atoms with van der Waals surface area (Å²) in [6, 6.07) is 4.77. The van der Waals surface area contributed by atoms with Gasteiger partial charge in [-0.1, -0.05) is 0 Å². The number of aromatic hydroxyl groups is 6. The molecule has 0 heterocycles. The van der Waals surface area contributed by atoms with Crippen LogP contribution in [-0.2, 0) is 4.57 Å². The van der Waals surface area contributed by atoms with Crippen LogP contribution in [0.1, 0.15) is 11.1 Å². The number of aryl methyl sites for hydroxylation is 2. The zero-order chi connectivity index (χ0) is 31.2. The van der Waals surface area contributed by atoms with E-state index in [1.54, 1.807) is 13.8 Å². The van der Waals surface area contributed by atoms with Crippen molar-refractivity contribution in [3.8, 4) is 34.5 Å². The minimum absolute atomic E-state index is 0.0431. The molecule has 0 unspecified atom stereocenters. The summed E-state index contributed by atoms with van der Waals surface area (Å²) < 4.78 is 8.55. The molecule has 0 fully saturated rings. The second kappa shape index (κ2) is 8.03. The lowest BCUT2D eigenvalue weighted by Crippen LogP contribution is -2.24. The van der Waals surface area contributed by atoms with Crippen LogP contribution in [0.3, 0.4) is 0 Å². The first kappa shape index (κ1) is 26.7. The topological polar surface area (TPSA) is 242 Å². The first-order valence-electron chi connectivity index (χ1n) is 12.5. The van der Waals surface area contributed by atoms with Gasteiger partial charge in [-0.25, -0.2) is 0 Å². The summed E-state index contributed by atoms with van der Waals surface area (Å²) in [6.07, 6.45) is 0.